The lowest BCUT2D eigenvalue weighted by Gasteiger charge is -2.09. The van der Waals surface area contributed by atoms with E-state index in [1.165, 1.54) is 11.6 Å². The largest absolute Gasteiger partial charge is 0.489 e. The predicted molar refractivity (Wildman–Crippen MR) is 63.2 cm³/mol. The number of halogens is 1. The van der Waals surface area contributed by atoms with E-state index >= 15 is 0 Å². The average Bonchev–Trinajstić information content (AvgIpc) is 2.26. The Bertz CT molecular complexity index is 424. The molecule has 16 heavy (non-hydrogen) atoms. The zero-order chi connectivity index (χ0) is 12.1. The summed E-state index contributed by atoms with van der Waals surface area (Å²) < 4.78 is 5.48. The molecule has 0 bridgehead atoms. The van der Waals surface area contributed by atoms with E-state index < -0.39 is 5.97 Å². The highest BCUT2D eigenvalue weighted by molar-refractivity contribution is 6.25. The normalized spacial score (nSPS) is 11.3. The van der Waals surface area contributed by atoms with Gasteiger partial charge in [0.15, 0.2) is 0 Å². The van der Waals surface area contributed by atoms with Crippen molar-refractivity contribution in [3.8, 4) is 5.75 Å². The van der Waals surface area contributed by atoms with E-state index in [9.17, 15) is 4.79 Å². The van der Waals surface area contributed by atoms with E-state index in [2.05, 4.69) is 0 Å². The molecule has 0 atom stereocenters. The van der Waals surface area contributed by atoms with Crippen LogP contribution in [0.2, 0.25) is 0 Å². The Morgan fingerprint density at radius 2 is 2.25 bits per heavy atom. The van der Waals surface area contributed by atoms with Crippen LogP contribution in [0.3, 0.4) is 0 Å². The van der Waals surface area contributed by atoms with Crippen LogP contribution in [-0.4, -0.2) is 17.7 Å². The third-order valence-electron chi connectivity index (χ3n) is 2.06. The molecule has 0 aromatic heterocycles. The van der Waals surface area contributed by atoms with E-state index in [0.717, 1.165) is 11.1 Å². The lowest BCUT2D eigenvalue weighted by Crippen LogP contribution is -2.02. The second-order valence-electron chi connectivity index (χ2n) is 3.53. The monoisotopic (exact) mass is 240 g/mol. The minimum atomic E-state index is -0.938. The van der Waals surface area contributed by atoms with Crippen molar-refractivity contribution in [3.05, 3.63) is 40.4 Å². The summed E-state index contributed by atoms with van der Waals surface area (Å²) in [7, 11) is 0. The molecular weight excluding hydrogens is 228 g/mol. The van der Waals surface area contributed by atoms with Crippen molar-refractivity contribution >= 4 is 17.6 Å². The molecule has 0 aliphatic carbocycles. The van der Waals surface area contributed by atoms with Gasteiger partial charge in [-0.25, -0.2) is 4.79 Å². The van der Waals surface area contributed by atoms with Gasteiger partial charge in [-0.1, -0.05) is 11.6 Å². The van der Waals surface area contributed by atoms with Gasteiger partial charge in [-0.05, 0) is 43.2 Å². The molecule has 0 radical (unpaired) electrons. The molecule has 0 heterocycles. The first-order valence-electron chi connectivity index (χ1n) is 4.77. The summed E-state index contributed by atoms with van der Waals surface area (Å²) >= 11 is 5.51. The summed E-state index contributed by atoms with van der Waals surface area (Å²) in [5.41, 5.74) is 3.42. The van der Waals surface area contributed by atoms with Gasteiger partial charge >= 0.3 is 5.97 Å². The van der Waals surface area contributed by atoms with Crippen LogP contribution < -0.4 is 4.74 Å². The second-order valence-corrected chi connectivity index (χ2v) is 3.75. The van der Waals surface area contributed by atoms with Crippen LogP contribution in [0, 0.1) is 6.92 Å². The lowest BCUT2D eigenvalue weighted by molar-refractivity contribution is 0.0696. The summed E-state index contributed by atoms with van der Waals surface area (Å²) in [6, 6.07) is 4.75. The van der Waals surface area contributed by atoms with Gasteiger partial charge in [0.2, 0.25) is 0 Å². The zero-order valence-electron chi connectivity index (χ0n) is 9.16. The molecule has 86 valence electrons. The standard InChI is InChI=1S/C12H13ClO3/c1-8(6-13)7-16-11-4-3-10(12(14)15)5-9(11)2/h3-6H,7H2,1-2H3,(H,14,15)/b8-6-. The molecule has 0 amide bonds. The number of hydrogen-bond donors (Lipinski definition) is 1. The fourth-order valence-electron chi connectivity index (χ4n) is 1.17. The Kier molecular flexibility index (Phi) is 4.38. The number of rotatable bonds is 4. The lowest BCUT2D eigenvalue weighted by atomic mass is 10.1. The predicted octanol–water partition coefficient (Wildman–Crippen LogP) is 3.21. The topological polar surface area (TPSA) is 46.5 Å². The first kappa shape index (κ1) is 12.6. The van der Waals surface area contributed by atoms with Crippen LogP contribution in [0.4, 0.5) is 0 Å². The van der Waals surface area contributed by atoms with Gasteiger partial charge in [0.05, 0.1) is 5.56 Å². The summed E-state index contributed by atoms with van der Waals surface area (Å²) in [4.78, 5) is 10.7. The number of aryl methyl sites for hydroxylation is 1. The number of ether oxygens (including phenoxy) is 1. The van der Waals surface area contributed by atoms with Crippen LogP contribution in [0.5, 0.6) is 5.75 Å². The number of benzene rings is 1. The first-order chi connectivity index (χ1) is 7.54. The molecule has 3 nitrogen and oxygen atoms in total. The van der Waals surface area contributed by atoms with Crippen molar-refractivity contribution in [3.63, 3.8) is 0 Å². The van der Waals surface area contributed by atoms with Crippen LogP contribution in [-0.2, 0) is 0 Å². The molecular formula is C12H13ClO3. The molecule has 0 saturated carbocycles. The highest BCUT2D eigenvalue weighted by atomic mass is 35.5. The highest BCUT2D eigenvalue weighted by Gasteiger charge is 2.06. The van der Waals surface area contributed by atoms with Gasteiger partial charge < -0.3 is 9.84 Å². The van der Waals surface area contributed by atoms with E-state index in [4.69, 9.17) is 21.4 Å². The fraction of sp³-hybridized carbons (Fsp3) is 0.250. The molecule has 0 unspecified atom stereocenters. The Labute approximate surface area is 99.3 Å². The number of hydrogen-bond acceptors (Lipinski definition) is 2. The molecule has 0 aliphatic heterocycles. The zero-order valence-corrected chi connectivity index (χ0v) is 9.91. The van der Waals surface area contributed by atoms with E-state index in [-0.39, 0.29) is 5.56 Å². The third kappa shape index (κ3) is 3.28. The Balaban J connectivity index is 2.79. The molecule has 0 spiro atoms. The Morgan fingerprint density at radius 3 is 2.75 bits per heavy atom. The highest BCUT2D eigenvalue weighted by Crippen LogP contribution is 2.19. The first-order valence-corrected chi connectivity index (χ1v) is 5.21. The van der Waals surface area contributed by atoms with Gasteiger partial charge in [-0.15, -0.1) is 0 Å². The van der Waals surface area contributed by atoms with Crippen molar-refractivity contribution in [1.82, 2.24) is 0 Å². The van der Waals surface area contributed by atoms with Crippen molar-refractivity contribution in [2.75, 3.05) is 6.61 Å². The SMILES string of the molecule is C/C(=C/Cl)COc1ccc(C(=O)O)cc1C. The maximum atomic E-state index is 10.7. The molecule has 1 N–H and O–H groups in total. The van der Waals surface area contributed by atoms with Crippen LogP contribution >= 0.6 is 11.6 Å². The minimum absolute atomic E-state index is 0.259. The van der Waals surface area contributed by atoms with Gasteiger partial charge in [0.1, 0.15) is 12.4 Å². The van der Waals surface area contributed by atoms with Crippen LogP contribution in [0.1, 0.15) is 22.8 Å². The number of carbonyl (C=O) groups is 1. The fourth-order valence-corrected chi connectivity index (χ4v) is 1.23. The molecule has 1 rings (SSSR count). The van der Waals surface area contributed by atoms with Crippen molar-refractivity contribution in [2.24, 2.45) is 0 Å². The smallest absolute Gasteiger partial charge is 0.335 e. The average molecular weight is 241 g/mol. The second kappa shape index (κ2) is 5.56. The van der Waals surface area contributed by atoms with Gasteiger partial charge in [0.25, 0.3) is 0 Å². The molecule has 0 aliphatic rings. The minimum Gasteiger partial charge on any atom is -0.489 e. The summed E-state index contributed by atoms with van der Waals surface area (Å²) in [6.07, 6.45) is 0. The maximum Gasteiger partial charge on any atom is 0.335 e. The van der Waals surface area contributed by atoms with Crippen molar-refractivity contribution in [1.29, 1.82) is 0 Å². The molecule has 4 heteroatoms. The molecule has 1 aromatic carbocycles. The van der Waals surface area contributed by atoms with Gasteiger partial charge in [0, 0.05) is 5.54 Å². The van der Waals surface area contributed by atoms with E-state index in [1.54, 1.807) is 12.1 Å². The van der Waals surface area contributed by atoms with Gasteiger partial charge in [-0.3, -0.25) is 0 Å². The number of carboxylic acid groups (broad SMARTS) is 1. The quantitative estimate of drug-likeness (QED) is 0.879. The van der Waals surface area contributed by atoms with Crippen LogP contribution in [0.15, 0.2) is 29.3 Å². The third-order valence-corrected chi connectivity index (χ3v) is 2.44. The number of carboxylic acids is 1. The number of aromatic carboxylic acids is 1. The summed E-state index contributed by atoms with van der Waals surface area (Å²) in [5, 5.41) is 8.79. The van der Waals surface area contributed by atoms with Crippen molar-refractivity contribution in [2.45, 2.75) is 13.8 Å². The Morgan fingerprint density at radius 1 is 1.56 bits per heavy atom. The maximum absolute atomic E-state index is 10.7. The summed E-state index contributed by atoms with van der Waals surface area (Å²) in [5.74, 6) is -0.269. The van der Waals surface area contributed by atoms with E-state index in [1.807, 2.05) is 13.8 Å². The Hall–Kier alpha value is -1.48. The molecule has 0 fully saturated rings. The summed E-state index contributed by atoms with van der Waals surface area (Å²) in [6.45, 7) is 4.06. The van der Waals surface area contributed by atoms with Gasteiger partial charge in [-0.2, -0.15) is 0 Å². The molecule has 1 aromatic rings. The van der Waals surface area contributed by atoms with Crippen LogP contribution in [0.25, 0.3) is 0 Å². The molecule has 0 saturated heterocycles. The van der Waals surface area contributed by atoms with Crippen molar-refractivity contribution < 1.29 is 14.6 Å². The van der Waals surface area contributed by atoms with E-state index in [0.29, 0.717) is 12.4 Å².